The molecule has 43 valence electrons. The summed E-state index contributed by atoms with van der Waals surface area (Å²) in [6.07, 6.45) is 0.628. The summed E-state index contributed by atoms with van der Waals surface area (Å²) in [5, 5.41) is 0. The minimum atomic E-state index is -1.33. The third-order valence-electron chi connectivity index (χ3n) is 0.531. The van der Waals surface area contributed by atoms with Gasteiger partial charge in [-0.05, 0) is 6.92 Å². The summed E-state index contributed by atoms with van der Waals surface area (Å²) in [7, 11) is -1.33. The van der Waals surface area contributed by atoms with Crippen molar-refractivity contribution in [2.45, 2.75) is 13.8 Å². The van der Waals surface area contributed by atoms with Crippen molar-refractivity contribution in [3.05, 3.63) is 0 Å². The molecule has 1 radical (unpaired) electrons. The van der Waals surface area contributed by atoms with E-state index in [1.807, 2.05) is 13.8 Å². The van der Waals surface area contributed by atoms with Crippen LogP contribution in [0.25, 0.3) is 0 Å². The van der Waals surface area contributed by atoms with E-state index in [1.54, 1.807) is 0 Å². The normalized spacial score (nSPS) is 11.4. The van der Waals surface area contributed by atoms with E-state index in [0.29, 0.717) is 12.8 Å². The molecule has 0 aromatic rings. The van der Waals surface area contributed by atoms with Crippen LogP contribution in [0.2, 0.25) is 0 Å². The lowest BCUT2D eigenvalue weighted by Gasteiger charge is -1.91. The minimum absolute atomic E-state index is 0.559. The highest BCUT2D eigenvalue weighted by molar-refractivity contribution is 7.39. The van der Waals surface area contributed by atoms with Crippen molar-refractivity contribution in [3.63, 3.8) is 0 Å². The third kappa shape index (κ3) is 3.90. The highest BCUT2D eigenvalue weighted by Crippen LogP contribution is 2.19. The topological polar surface area (TPSA) is 26.3 Å². The molecule has 3 heteroatoms. The molecule has 0 aliphatic rings. The second kappa shape index (κ2) is 4.23. The van der Waals surface area contributed by atoms with Gasteiger partial charge in [0.15, 0.2) is 0 Å². The van der Waals surface area contributed by atoms with E-state index in [2.05, 4.69) is 0 Å². The molecule has 0 N–H and O–H groups in total. The Labute approximate surface area is 44.7 Å². The van der Waals surface area contributed by atoms with Gasteiger partial charge < -0.3 is 4.52 Å². The van der Waals surface area contributed by atoms with Crippen LogP contribution in [0.1, 0.15) is 13.8 Å². The van der Waals surface area contributed by atoms with Crippen molar-refractivity contribution in [1.82, 2.24) is 0 Å². The predicted octanol–water partition coefficient (Wildman–Crippen LogP) is 1.79. The lowest BCUT2D eigenvalue weighted by molar-refractivity contribution is 0.351. The molecule has 2 nitrogen and oxygen atoms in total. The molecule has 0 aromatic heterocycles. The molecule has 0 saturated heterocycles. The maximum absolute atomic E-state index is 10.3. The minimum Gasteiger partial charge on any atom is -0.304 e. The largest absolute Gasteiger partial charge is 0.304 e. The van der Waals surface area contributed by atoms with Gasteiger partial charge in [0.1, 0.15) is 0 Å². The average Bonchev–Trinajstić information content (AvgIpc) is 1.68. The number of hydrogen-bond acceptors (Lipinski definition) is 2. The van der Waals surface area contributed by atoms with E-state index in [4.69, 9.17) is 4.52 Å². The van der Waals surface area contributed by atoms with Crippen LogP contribution in [0.5, 0.6) is 0 Å². The summed E-state index contributed by atoms with van der Waals surface area (Å²) in [5.74, 6) is 0. The zero-order chi connectivity index (χ0) is 5.70. The second-order valence-corrected chi connectivity index (χ2v) is 2.62. The van der Waals surface area contributed by atoms with Crippen LogP contribution in [0.4, 0.5) is 0 Å². The van der Waals surface area contributed by atoms with Gasteiger partial charge in [-0.15, -0.1) is 0 Å². The van der Waals surface area contributed by atoms with E-state index in [9.17, 15) is 4.57 Å². The van der Waals surface area contributed by atoms with Crippen molar-refractivity contribution in [2.75, 3.05) is 12.8 Å². The van der Waals surface area contributed by atoms with Crippen molar-refractivity contribution in [2.24, 2.45) is 0 Å². The van der Waals surface area contributed by atoms with E-state index >= 15 is 0 Å². The average molecular weight is 121 g/mol. The first kappa shape index (κ1) is 7.06. The molecule has 0 fully saturated rings. The van der Waals surface area contributed by atoms with Crippen molar-refractivity contribution < 1.29 is 9.09 Å². The Morgan fingerprint density at radius 3 is 2.29 bits per heavy atom. The Kier molecular flexibility index (Phi) is 4.26. The van der Waals surface area contributed by atoms with Gasteiger partial charge in [-0.25, -0.2) is 0 Å². The Bertz CT molecular complexity index is 62.7. The van der Waals surface area contributed by atoms with Crippen LogP contribution in [0, 0.1) is 0 Å². The molecule has 1 atom stereocenters. The molecule has 0 aliphatic carbocycles. The molecule has 0 saturated carbocycles. The van der Waals surface area contributed by atoms with Crippen molar-refractivity contribution in [1.29, 1.82) is 0 Å². The SMILES string of the molecule is CCO[P](=O)CC. The van der Waals surface area contributed by atoms with E-state index in [-0.39, 0.29) is 0 Å². The zero-order valence-electron chi connectivity index (χ0n) is 4.68. The van der Waals surface area contributed by atoms with Gasteiger partial charge in [-0.1, -0.05) is 6.92 Å². The van der Waals surface area contributed by atoms with Gasteiger partial charge in [0.05, 0.1) is 6.61 Å². The Balaban J connectivity index is 3.00. The molecular weight excluding hydrogens is 111 g/mol. The first-order valence-corrected chi connectivity index (χ1v) is 3.75. The van der Waals surface area contributed by atoms with Crippen molar-refractivity contribution >= 4 is 8.03 Å². The summed E-state index contributed by atoms with van der Waals surface area (Å²) in [6, 6.07) is 0. The Morgan fingerprint density at radius 1 is 1.57 bits per heavy atom. The quantitative estimate of drug-likeness (QED) is 0.532. The molecular formula is C4H10O2P. The summed E-state index contributed by atoms with van der Waals surface area (Å²) >= 11 is 0. The van der Waals surface area contributed by atoms with Crippen LogP contribution in [0.3, 0.4) is 0 Å². The first-order valence-electron chi connectivity index (χ1n) is 2.38. The maximum atomic E-state index is 10.3. The first-order chi connectivity index (χ1) is 3.31. The third-order valence-corrected chi connectivity index (χ3v) is 1.59. The standard InChI is InChI=1S/C4H10O2P/c1-3-6-7(5)4-2/h3-4H2,1-2H3. The fraction of sp³-hybridized carbons (Fsp3) is 1.00. The van der Waals surface area contributed by atoms with Gasteiger partial charge in [0.25, 0.3) is 0 Å². The summed E-state index contributed by atoms with van der Waals surface area (Å²) in [5.41, 5.74) is 0. The molecule has 0 aromatic carbocycles. The van der Waals surface area contributed by atoms with Crippen LogP contribution in [-0.2, 0) is 9.09 Å². The van der Waals surface area contributed by atoms with Gasteiger partial charge in [-0.3, -0.25) is 4.57 Å². The molecule has 0 rings (SSSR count). The number of hydrogen-bond donors (Lipinski definition) is 0. The summed E-state index contributed by atoms with van der Waals surface area (Å²) in [4.78, 5) is 0. The van der Waals surface area contributed by atoms with E-state index in [0.717, 1.165) is 0 Å². The fourth-order valence-electron chi connectivity index (χ4n) is 0.235. The van der Waals surface area contributed by atoms with Gasteiger partial charge in [0.2, 0.25) is 8.03 Å². The zero-order valence-corrected chi connectivity index (χ0v) is 5.57. The van der Waals surface area contributed by atoms with Gasteiger partial charge >= 0.3 is 0 Å². The monoisotopic (exact) mass is 121 g/mol. The molecule has 0 bridgehead atoms. The Hall–Kier alpha value is 0.0600. The van der Waals surface area contributed by atoms with Crippen LogP contribution < -0.4 is 0 Å². The molecule has 0 aliphatic heterocycles. The van der Waals surface area contributed by atoms with Gasteiger partial charge in [0, 0.05) is 6.16 Å². The molecule has 0 heterocycles. The van der Waals surface area contributed by atoms with Crippen LogP contribution in [-0.4, -0.2) is 12.8 Å². The molecule has 0 spiro atoms. The molecule has 7 heavy (non-hydrogen) atoms. The molecule has 0 amide bonds. The number of rotatable bonds is 3. The van der Waals surface area contributed by atoms with Crippen LogP contribution >= 0.6 is 8.03 Å². The van der Waals surface area contributed by atoms with Gasteiger partial charge in [-0.2, -0.15) is 0 Å². The lowest BCUT2D eigenvalue weighted by atomic mass is 10.9. The van der Waals surface area contributed by atoms with Crippen LogP contribution in [0.15, 0.2) is 0 Å². The predicted molar refractivity (Wildman–Crippen MR) is 29.8 cm³/mol. The lowest BCUT2D eigenvalue weighted by Crippen LogP contribution is -1.76. The summed E-state index contributed by atoms with van der Waals surface area (Å²) < 4.78 is 15.0. The molecule has 1 unspecified atom stereocenters. The van der Waals surface area contributed by atoms with E-state index < -0.39 is 8.03 Å². The van der Waals surface area contributed by atoms with Crippen molar-refractivity contribution in [3.8, 4) is 0 Å². The highest BCUT2D eigenvalue weighted by atomic mass is 31.1. The fourth-order valence-corrected chi connectivity index (χ4v) is 0.706. The second-order valence-electron chi connectivity index (χ2n) is 1.07. The highest BCUT2D eigenvalue weighted by Gasteiger charge is 1.89. The summed E-state index contributed by atoms with van der Waals surface area (Å²) in [6.45, 7) is 4.24. The van der Waals surface area contributed by atoms with E-state index in [1.165, 1.54) is 0 Å². The smallest absolute Gasteiger partial charge is 0.212 e. The maximum Gasteiger partial charge on any atom is 0.212 e. The Morgan fingerprint density at radius 2 is 2.14 bits per heavy atom.